The monoisotopic (exact) mass is 548 g/mol. The van der Waals surface area contributed by atoms with Gasteiger partial charge in [0.15, 0.2) is 0 Å². The van der Waals surface area contributed by atoms with Crippen LogP contribution >= 0.6 is 0 Å². The molecule has 0 aromatic heterocycles. The Bertz CT molecular complexity index is 1020. The lowest BCUT2D eigenvalue weighted by molar-refractivity contribution is -0.161. The van der Waals surface area contributed by atoms with E-state index in [1.165, 1.54) is 12.8 Å². The second-order valence-corrected chi connectivity index (χ2v) is 11.5. The van der Waals surface area contributed by atoms with E-state index in [9.17, 15) is 9.59 Å². The first-order valence-electron chi connectivity index (χ1n) is 15.2. The Kier molecular flexibility index (Phi) is 9.63. The third kappa shape index (κ3) is 7.57. The second-order valence-electron chi connectivity index (χ2n) is 11.5. The number of hydrogen-bond donors (Lipinski definition) is 0. The summed E-state index contributed by atoms with van der Waals surface area (Å²) in [6, 6.07) is 15.0. The Morgan fingerprint density at radius 1 is 0.725 bits per heavy atom. The van der Waals surface area contributed by atoms with Crippen molar-refractivity contribution >= 4 is 11.8 Å². The van der Waals surface area contributed by atoms with E-state index < -0.39 is 12.1 Å². The summed E-state index contributed by atoms with van der Waals surface area (Å²) in [4.78, 5) is 31.9. The lowest BCUT2D eigenvalue weighted by Crippen LogP contribution is -2.66. The number of ether oxygens (including phenoxy) is 3. The fourth-order valence-corrected chi connectivity index (χ4v) is 5.28. The van der Waals surface area contributed by atoms with Crippen LogP contribution in [0.5, 0.6) is 11.5 Å². The molecule has 2 aromatic carbocycles. The van der Waals surface area contributed by atoms with Crippen LogP contribution in [0.15, 0.2) is 48.5 Å². The summed E-state index contributed by atoms with van der Waals surface area (Å²) in [5.41, 5.74) is 2.07. The minimum atomic E-state index is -0.489. The summed E-state index contributed by atoms with van der Waals surface area (Å²) in [6.45, 7) is 7.54. The van der Waals surface area contributed by atoms with Crippen molar-refractivity contribution in [2.75, 3.05) is 32.9 Å². The maximum atomic E-state index is 14.1. The molecule has 2 aromatic rings. The van der Waals surface area contributed by atoms with E-state index in [1.54, 1.807) is 0 Å². The number of nitrogens with zero attached hydrogens (tertiary/aromatic N) is 2. The van der Waals surface area contributed by atoms with Gasteiger partial charge in [-0.2, -0.15) is 0 Å². The van der Waals surface area contributed by atoms with E-state index in [4.69, 9.17) is 14.2 Å². The highest BCUT2D eigenvalue weighted by molar-refractivity contribution is 5.97. The van der Waals surface area contributed by atoms with E-state index >= 15 is 0 Å². The Labute approximate surface area is 238 Å². The molecule has 7 nitrogen and oxygen atoms in total. The van der Waals surface area contributed by atoms with Crippen LogP contribution in [0.3, 0.4) is 0 Å². The highest BCUT2D eigenvalue weighted by Crippen LogP contribution is 2.30. The van der Waals surface area contributed by atoms with E-state index in [-0.39, 0.29) is 17.9 Å². The summed E-state index contributed by atoms with van der Waals surface area (Å²) >= 11 is 0. The fraction of sp³-hybridized carbons (Fsp3) is 0.576. The molecule has 3 atom stereocenters. The maximum Gasteiger partial charge on any atom is 0.246 e. The molecule has 1 aliphatic carbocycles. The number of carbonyl (C=O) groups is 2. The molecule has 2 heterocycles. The van der Waals surface area contributed by atoms with Gasteiger partial charge in [-0.1, -0.05) is 51.0 Å². The van der Waals surface area contributed by atoms with Crippen LogP contribution < -0.4 is 9.47 Å². The van der Waals surface area contributed by atoms with Crippen molar-refractivity contribution in [1.29, 1.82) is 0 Å². The molecule has 3 aliphatic rings. The first kappa shape index (κ1) is 28.5. The molecule has 1 unspecified atom stereocenters. The Hall–Kier alpha value is -3.06. The zero-order valence-corrected chi connectivity index (χ0v) is 24.1. The first-order valence-corrected chi connectivity index (χ1v) is 15.2. The zero-order valence-electron chi connectivity index (χ0n) is 24.1. The van der Waals surface area contributed by atoms with Crippen molar-refractivity contribution in [3.05, 3.63) is 59.7 Å². The Morgan fingerprint density at radius 2 is 1.18 bits per heavy atom. The smallest absolute Gasteiger partial charge is 0.246 e. The molecule has 40 heavy (non-hydrogen) atoms. The molecule has 0 bridgehead atoms. The minimum absolute atomic E-state index is 0.0600. The number of hydrogen-bond acceptors (Lipinski definition) is 5. The molecule has 2 saturated heterocycles. The van der Waals surface area contributed by atoms with Crippen molar-refractivity contribution < 1.29 is 23.8 Å². The molecule has 0 spiro atoms. The molecule has 216 valence electrons. The summed E-state index contributed by atoms with van der Waals surface area (Å²) < 4.78 is 16.9. The van der Waals surface area contributed by atoms with Crippen LogP contribution in [0.4, 0.5) is 0 Å². The highest BCUT2D eigenvalue weighted by atomic mass is 16.6. The van der Waals surface area contributed by atoms with E-state index in [0.717, 1.165) is 61.5 Å². The lowest BCUT2D eigenvalue weighted by Gasteiger charge is -2.45. The second kappa shape index (κ2) is 13.5. The highest BCUT2D eigenvalue weighted by Gasteiger charge is 2.45. The van der Waals surface area contributed by atoms with E-state index in [0.29, 0.717) is 38.5 Å². The largest absolute Gasteiger partial charge is 0.493 e. The molecule has 1 saturated carbocycles. The number of amides is 2. The Balaban J connectivity index is 1.31. The molecular weight excluding hydrogens is 504 g/mol. The van der Waals surface area contributed by atoms with Gasteiger partial charge in [0.1, 0.15) is 36.3 Å². The summed E-state index contributed by atoms with van der Waals surface area (Å²) in [5.74, 6) is 2.49. The van der Waals surface area contributed by atoms with Gasteiger partial charge in [-0.3, -0.25) is 9.59 Å². The standard InChI is InChI=1S/C33H44N2O5/c1-3-5-17-34-30(19-24-9-13-27(14-10-24)38-21-26-7-8-26)32(36)35(18-6-4-2)31(33(34)37)20-25-11-15-28(16-12-25)39-22-29-23-40-29/h9-16,26,29-31H,3-8,17-23H2,1-2H3/t29?,30-,31+/m0/s1. The van der Waals surface area contributed by atoms with Crippen molar-refractivity contribution in [1.82, 2.24) is 9.80 Å². The molecule has 0 radical (unpaired) electrons. The topological polar surface area (TPSA) is 71.6 Å². The number of benzene rings is 2. The first-order chi connectivity index (χ1) is 19.6. The SMILES string of the molecule is CCCCN1C(=O)[C@H](Cc2ccc(OCC3CC3)cc2)N(CCCC)C(=O)[C@H]1Cc1ccc(OCC2CO2)cc1. The van der Waals surface area contributed by atoms with Gasteiger partial charge in [0.05, 0.1) is 13.2 Å². The molecule has 7 heteroatoms. The third-order valence-corrected chi connectivity index (χ3v) is 8.12. The van der Waals surface area contributed by atoms with Gasteiger partial charge >= 0.3 is 0 Å². The molecule has 2 aliphatic heterocycles. The molecular formula is C33H44N2O5. The van der Waals surface area contributed by atoms with Gasteiger partial charge in [0.25, 0.3) is 0 Å². The summed E-state index contributed by atoms with van der Waals surface area (Å²) in [5, 5.41) is 0. The van der Waals surface area contributed by atoms with Crippen LogP contribution in [0, 0.1) is 5.92 Å². The average Bonchev–Trinajstić information content (AvgIpc) is 3.90. The van der Waals surface area contributed by atoms with Gasteiger partial charge in [-0.25, -0.2) is 0 Å². The van der Waals surface area contributed by atoms with Crippen molar-refractivity contribution in [2.45, 2.75) is 83.4 Å². The molecule has 2 amide bonds. The normalized spacial score (nSPS) is 22.5. The van der Waals surface area contributed by atoms with E-state index in [2.05, 4.69) is 13.8 Å². The number of carbonyl (C=O) groups excluding carboxylic acids is 2. The van der Waals surface area contributed by atoms with Crippen molar-refractivity contribution in [2.24, 2.45) is 5.92 Å². The fourth-order valence-electron chi connectivity index (χ4n) is 5.28. The molecule has 0 N–H and O–H groups in total. The van der Waals surface area contributed by atoms with Gasteiger partial charge in [0.2, 0.25) is 11.8 Å². The summed E-state index contributed by atoms with van der Waals surface area (Å²) in [7, 11) is 0. The minimum Gasteiger partial charge on any atom is -0.493 e. The predicted molar refractivity (Wildman–Crippen MR) is 155 cm³/mol. The number of rotatable bonds is 16. The van der Waals surface area contributed by atoms with Crippen LogP contribution in [0.25, 0.3) is 0 Å². The molecule has 5 rings (SSSR count). The lowest BCUT2D eigenvalue weighted by atomic mass is 9.93. The van der Waals surface area contributed by atoms with Crippen LogP contribution in [-0.2, 0) is 27.2 Å². The average molecular weight is 549 g/mol. The number of piperazine rings is 1. The predicted octanol–water partition coefficient (Wildman–Crippen LogP) is 5.05. The maximum absolute atomic E-state index is 14.1. The molecule has 3 fully saturated rings. The Morgan fingerprint density at radius 3 is 1.57 bits per heavy atom. The van der Waals surface area contributed by atoms with Gasteiger partial charge in [0, 0.05) is 25.9 Å². The van der Waals surface area contributed by atoms with Crippen molar-refractivity contribution in [3.8, 4) is 11.5 Å². The van der Waals surface area contributed by atoms with Crippen molar-refractivity contribution in [3.63, 3.8) is 0 Å². The quantitative estimate of drug-likeness (QED) is 0.275. The number of unbranched alkanes of at least 4 members (excludes halogenated alkanes) is 2. The van der Waals surface area contributed by atoms with E-state index in [1.807, 2.05) is 58.3 Å². The zero-order chi connectivity index (χ0) is 27.9. The van der Waals surface area contributed by atoms with Gasteiger partial charge in [-0.05, 0) is 67.0 Å². The van der Waals surface area contributed by atoms with Crippen LogP contribution in [0.2, 0.25) is 0 Å². The van der Waals surface area contributed by atoms with Gasteiger partial charge in [-0.15, -0.1) is 0 Å². The number of epoxide rings is 1. The third-order valence-electron chi connectivity index (χ3n) is 8.12. The van der Waals surface area contributed by atoms with Crippen LogP contribution in [0.1, 0.15) is 63.5 Å². The van der Waals surface area contributed by atoms with Gasteiger partial charge < -0.3 is 24.0 Å². The van der Waals surface area contributed by atoms with Crippen LogP contribution in [-0.4, -0.2) is 72.7 Å². The summed E-state index contributed by atoms with van der Waals surface area (Å²) in [6.07, 6.45) is 7.43.